The van der Waals surface area contributed by atoms with E-state index in [1.54, 1.807) is 48.0 Å². The van der Waals surface area contributed by atoms with Gasteiger partial charge in [0.15, 0.2) is 0 Å². The summed E-state index contributed by atoms with van der Waals surface area (Å²) in [5.74, 6) is -0.518. The highest BCUT2D eigenvalue weighted by atomic mass is 19.1. The number of carboxylic acid groups (broad SMARTS) is 1. The molecule has 2 N–H and O–H groups in total. The Balaban J connectivity index is 1.60. The molecule has 0 saturated heterocycles. The molecule has 1 aromatic heterocycles. The van der Waals surface area contributed by atoms with Crippen molar-refractivity contribution in [3.63, 3.8) is 0 Å². The third kappa shape index (κ3) is 4.03. The molecule has 0 radical (unpaired) electrons. The normalized spacial score (nSPS) is 13.7. The van der Waals surface area contributed by atoms with Gasteiger partial charge in [0.25, 0.3) is 5.56 Å². The molecule has 0 saturated carbocycles. The number of para-hydroxylation sites is 1. The van der Waals surface area contributed by atoms with Crippen LogP contribution in [0.25, 0.3) is 10.8 Å². The fourth-order valence-electron chi connectivity index (χ4n) is 4.97. The second-order valence-corrected chi connectivity index (χ2v) is 9.17. The summed E-state index contributed by atoms with van der Waals surface area (Å²) >= 11 is 0. The van der Waals surface area contributed by atoms with Crippen molar-refractivity contribution >= 4 is 28.2 Å². The average molecular weight is 472 g/mol. The maximum absolute atomic E-state index is 13.8. The van der Waals surface area contributed by atoms with Crippen LogP contribution in [0.1, 0.15) is 45.6 Å². The summed E-state index contributed by atoms with van der Waals surface area (Å²) in [4.78, 5) is 27.2. The number of carboxylic acids is 1. The van der Waals surface area contributed by atoms with Crippen molar-refractivity contribution in [2.45, 2.75) is 33.0 Å². The fourth-order valence-corrected chi connectivity index (χ4v) is 4.97. The zero-order valence-electron chi connectivity index (χ0n) is 19.8. The number of pyridine rings is 1. The summed E-state index contributed by atoms with van der Waals surface area (Å²) in [5.41, 5.74) is 4.41. The van der Waals surface area contributed by atoms with Gasteiger partial charge in [0.1, 0.15) is 11.6 Å². The molecule has 0 fully saturated rings. The highest BCUT2D eigenvalue weighted by Gasteiger charge is 2.24. The largest absolute Gasteiger partial charge is 0.478 e. The lowest BCUT2D eigenvalue weighted by molar-refractivity contribution is 0.0698. The van der Waals surface area contributed by atoms with Crippen molar-refractivity contribution in [3.05, 3.63) is 105 Å². The Kier molecular flexibility index (Phi) is 5.55. The molecule has 1 atom stereocenters. The third-order valence-corrected chi connectivity index (χ3v) is 6.72. The predicted molar refractivity (Wildman–Crippen MR) is 136 cm³/mol. The summed E-state index contributed by atoms with van der Waals surface area (Å²) in [5, 5.41) is 14.3. The van der Waals surface area contributed by atoms with Gasteiger partial charge >= 0.3 is 5.97 Å². The second kappa shape index (κ2) is 8.58. The van der Waals surface area contributed by atoms with Gasteiger partial charge in [-0.25, -0.2) is 9.18 Å². The number of aryl methyl sites for hydroxylation is 1. The molecule has 35 heavy (non-hydrogen) atoms. The topological polar surface area (TPSA) is 74.6 Å². The van der Waals surface area contributed by atoms with E-state index < -0.39 is 5.97 Å². The number of benzene rings is 3. The zero-order chi connectivity index (χ0) is 24.9. The molecule has 7 heteroatoms. The summed E-state index contributed by atoms with van der Waals surface area (Å²) in [7, 11) is 1.76. The lowest BCUT2D eigenvalue weighted by atomic mass is 9.97. The lowest BCUT2D eigenvalue weighted by Crippen LogP contribution is -2.27. The smallest absolute Gasteiger partial charge is 0.337 e. The third-order valence-electron chi connectivity index (χ3n) is 6.72. The summed E-state index contributed by atoms with van der Waals surface area (Å²) in [6, 6.07) is 17.3. The molecule has 5 rings (SSSR count). The second-order valence-electron chi connectivity index (χ2n) is 9.17. The standard InChI is InChI=1S/C28H26FN3O3/c1-16-10-22(17(2)30-25-7-5-4-6-21(25)28(34)35)23-13-26(31(3)27(33)24(23)11-16)32-14-18-8-9-20(29)12-19(18)15-32/h4-13,17,30H,14-15H2,1-3H3,(H,34,35)/t17-/m1/s1. The maximum Gasteiger partial charge on any atom is 0.337 e. The Morgan fingerprint density at radius 3 is 2.54 bits per heavy atom. The number of carbonyl (C=O) groups is 1. The van der Waals surface area contributed by atoms with Gasteiger partial charge in [0.2, 0.25) is 0 Å². The Bertz CT molecular complexity index is 1540. The molecule has 1 aliphatic heterocycles. The molecule has 0 aliphatic carbocycles. The van der Waals surface area contributed by atoms with E-state index in [0.717, 1.165) is 33.5 Å². The average Bonchev–Trinajstić information content (AvgIpc) is 3.24. The first-order valence-electron chi connectivity index (χ1n) is 11.5. The molecule has 2 heterocycles. The van der Waals surface area contributed by atoms with Crippen molar-refractivity contribution in [2.75, 3.05) is 10.2 Å². The Morgan fingerprint density at radius 2 is 1.77 bits per heavy atom. The first-order chi connectivity index (χ1) is 16.7. The molecule has 4 aromatic rings. The van der Waals surface area contributed by atoms with E-state index in [1.807, 2.05) is 32.0 Å². The number of nitrogens with one attached hydrogen (secondary N) is 1. The van der Waals surface area contributed by atoms with E-state index in [-0.39, 0.29) is 23.0 Å². The molecule has 0 amide bonds. The molecule has 6 nitrogen and oxygen atoms in total. The maximum atomic E-state index is 13.8. The van der Waals surface area contributed by atoms with Crippen molar-refractivity contribution in [1.82, 2.24) is 4.57 Å². The first-order valence-corrected chi connectivity index (χ1v) is 11.5. The number of fused-ring (bicyclic) bond motifs is 2. The molecule has 178 valence electrons. The molecule has 1 aliphatic rings. The number of halogens is 1. The van der Waals surface area contributed by atoms with Crippen molar-refractivity contribution in [2.24, 2.45) is 7.05 Å². The van der Waals surface area contributed by atoms with Crippen molar-refractivity contribution < 1.29 is 14.3 Å². The van der Waals surface area contributed by atoms with Gasteiger partial charge in [-0.2, -0.15) is 0 Å². The minimum Gasteiger partial charge on any atom is -0.478 e. The number of nitrogens with zero attached hydrogens (tertiary/aromatic N) is 2. The van der Waals surface area contributed by atoms with Crippen LogP contribution < -0.4 is 15.8 Å². The van der Waals surface area contributed by atoms with Gasteiger partial charge in [-0.05, 0) is 77.9 Å². The number of hydrogen-bond acceptors (Lipinski definition) is 4. The van der Waals surface area contributed by atoms with Crippen LogP contribution in [0.2, 0.25) is 0 Å². The van der Waals surface area contributed by atoms with E-state index in [4.69, 9.17) is 0 Å². The SMILES string of the molecule is Cc1cc([C@@H](C)Nc2ccccc2C(=O)O)c2cc(N3Cc4ccc(F)cc4C3)n(C)c(=O)c2c1. The summed E-state index contributed by atoms with van der Waals surface area (Å²) < 4.78 is 15.4. The van der Waals surface area contributed by atoms with Crippen LogP contribution in [0, 0.1) is 12.7 Å². The van der Waals surface area contributed by atoms with Crippen LogP contribution in [0.5, 0.6) is 0 Å². The van der Waals surface area contributed by atoms with Crippen molar-refractivity contribution in [3.8, 4) is 0 Å². The van der Waals surface area contributed by atoms with Crippen molar-refractivity contribution in [1.29, 1.82) is 0 Å². The number of rotatable bonds is 5. The van der Waals surface area contributed by atoms with Crippen LogP contribution in [0.3, 0.4) is 0 Å². The van der Waals surface area contributed by atoms with Gasteiger partial charge in [-0.15, -0.1) is 0 Å². The molecule has 3 aromatic carbocycles. The lowest BCUT2D eigenvalue weighted by Gasteiger charge is -2.24. The van der Waals surface area contributed by atoms with E-state index in [9.17, 15) is 19.1 Å². The fraction of sp³-hybridized carbons (Fsp3) is 0.214. The van der Waals surface area contributed by atoms with Gasteiger partial charge in [0.05, 0.1) is 5.56 Å². The first kappa shape index (κ1) is 22.7. The predicted octanol–water partition coefficient (Wildman–Crippen LogP) is 5.38. The molecular weight excluding hydrogens is 445 g/mol. The van der Waals surface area contributed by atoms with Crippen LogP contribution >= 0.6 is 0 Å². The summed E-state index contributed by atoms with van der Waals surface area (Å²) in [6.07, 6.45) is 0. The number of anilines is 2. The van der Waals surface area contributed by atoms with Crippen LogP contribution in [-0.2, 0) is 20.1 Å². The van der Waals surface area contributed by atoms with Gasteiger partial charge in [-0.1, -0.05) is 24.3 Å². The zero-order valence-corrected chi connectivity index (χ0v) is 19.8. The van der Waals surface area contributed by atoms with Crippen LogP contribution in [-0.4, -0.2) is 15.6 Å². The highest BCUT2D eigenvalue weighted by Crippen LogP contribution is 2.33. The number of hydrogen-bond donors (Lipinski definition) is 2. The van der Waals surface area contributed by atoms with Crippen LogP contribution in [0.4, 0.5) is 15.9 Å². The van der Waals surface area contributed by atoms with E-state index in [0.29, 0.717) is 24.2 Å². The highest BCUT2D eigenvalue weighted by molar-refractivity contribution is 5.94. The molecule has 0 spiro atoms. The molecular formula is C28H26FN3O3. The summed E-state index contributed by atoms with van der Waals surface area (Å²) in [6.45, 7) is 5.01. The van der Waals surface area contributed by atoms with E-state index >= 15 is 0 Å². The Morgan fingerprint density at radius 1 is 1.03 bits per heavy atom. The van der Waals surface area contributed by atoms with Gasteiger partial charge < -0.3 is 15.3 Å². The Hall–Kier alpha value is -4.13. The van der Waals surface area contributed by atoms with E-state index in [1.165, 1.54) is 6.07 Å². The minimum atomic E-state index is -1.00. The van der Waals surface area contributed by atoms with Gasteiger partial charge in [-0.3, -0.25) is 9.36 Å². The molecule has 0 bridgehead atoms. The quantitative estimate of drug-likeness (QED) is 0.409. The number of aromatic carboxylic acids is 1. The van der Waals surface area contributed by atoms with Crippen LogP contribution in [0.15, 0.2) is 65.5 Å². The molecule has 0 unspecified atom stereocenters. The Labute approximate surface area is 202 Å². The number of aromatic nitrogens is 1. The minimum absolute atomic E-state index is 0.109. The van der Waals surface area contributed by atoms with Gasteiger partial charge in [0, 0.05) is 37.3 Å². The van der Waals surface area contributed by atoms with E-state index in [2.05, 4.69) is 10.2 Å². The monoisotopic (exact) mass is 471 g/mol.